The first-order chi connectivity index (χ1) is 11.8. The Morgan fingerprint density at radius 2 is 2.00 bits per heavy atom. The third kappa shape index (κ3) is 3.92. The number of nitrogens with zero attached hydrogens (tertiary/aromatic N) is 1. The van der Waals surface area contributed by atoms with Crippen molar-refractivity contribution in [3.63, 3.8) is 0 Å². The maximum atomic E-state index is 14.1. The Labute approximate surface area is 146 Å². The van der Waals surface area contributed by atoms with Crippen LogP contribution in [0.1, 0.15) is 49.3 Å². The number of benzene rings is 1. The smallest absolute Gasteiger partial charge is 0.165 e. The van der Waals surface area contributed by atoms with Crippen molar-refractivity contribution in [2.75, 3.05) is 0 Å². The maximum absolute atomic E-state index is 14.1. The average Bonchev–Trinajstić information content (AvgIpc) is 3.32. The lowest BCUT2D eigenvalue weighted by Gasteiger charge is -2.11. The second-order valence-electron chi connectivity index (χ2n) is 6.55. The largest absolute Gasteiger partial charge is 0.484 e. The molecule has 1 radical (unpaired) electrons. The zero-order valence-corrected chi connectivity index (χ0v) is 14.4. The summed E-state index contributed by atoms with van der Waals surface area (Å²) in [6.45, 7) is 0.297. The molecule has 24 heavy (non-hydrogen) atoms. The number of ether oxygens (including phenoxy) is 1. The molecule has 2 aromatic rings. The van der Waals surface area contributed by atoms with E-state index in [1.54, 1.807) is 12.1 Å². The lowest BCUT2D eigenvalue weighted by Crippen LogP contribution is -2.02. The fourth-order valence-corrected chi connectivity index (χ4v) is 4.37. The number of thioether (sulfide) groups is 1. The van der Waals surface area contributed by atoms with Crippen LogP contribution < -0.4 is 4.74 Å². The second kappa shape index (κ2) is 7.14. The van der Waals surface area contributed by atoms with Crippen LogP contribution in [0, 0.1) is 12.2 Å². The van der Waals surface area contributed by atoms with E-state index in [0.29, 0.717) is 23.5 Å². The van der Waals surface area contributed by atoms with E-state index in [2.05, 4.69) is 11.4 Å². The van der Waals surface area contributed by atoms with E-state index in [1.807, 2.05) is 36.0 Å². The molecule has 4 rings (SSSR count). The summed E-state index contributed by atoms with van der Waals surface area (Å²) < 4.78 is 19.8. The highest BCUT2D eigenvalue weighted by Gasteiger charge is 2.24. The molecular weight excluding hydrogens is 321 g/mol. The van der Waals surface area contributed by atoms with Gasteiger partial charge in [0.15, 0.2) is 11.6 Å². The first-order valence-corrected chi connectivity index (χ1v) is 9.54. The maximum Gasteiger partial charge on any atom is 0.165 e. The Morgan fingerprint density at radius 1 is 1.17 bits per heavy atom. The monoisotopic (exact) mass is 342 g/mol. The predicted octanol–water partition coefficient (Wildman–Crippen LogP) is 5.53. The molecule has 2 fully saturated rings. The van der Waals surface area contributed by atoms with E-state index in [4.69, 9.17) is 4.74 Å². The zero-order valence-electron chi connectivity index (χ0n) is 13.6. The van der Waals surface area contributed by atoms with E-state index < -0.39 is 0 Å². The van der Waals surface area contributed by atoms with Crippen molar-refractivity contribution < 1.29 is 9.13 Å². The Bertz CT molecular complexity index is 711. The number of pyridine rings is 1. The highest BCUT2D eigenvalue weighted by molar-refractivity contribution is 7.99. The first kappa shape index (κ1) is 15.9. The number of hydrogen-bond acceptors (Lipinski definition) is 3. The molecule has 1 atom stereocenters. The molecule has 125 valence electrons. The number of hydrogen-bond donors (Lipinski definition) is 0. The summed E-state index contributed by atoms with van der Waals surface area (Å²) in [6.07, 6.45) is 8.44. The molecule has 0 aliphatic heterocycles. The van der Waals surface area contributed by atoms with Gasteiger partial charge in [-0.05, 0) is 61.4 Å². The van der Waals surface area contributed by atoms with Gasteiger partial charge in [0.2, 0.25) is 0 Å². The molecule has 1 aromatic heterocycles. The molecule has 2 aliphatic carbocycles. The predicted molar refractivity (Wildman–Crippen MR) is 94.7 cm³/mol. The molecule has 0 amide bonds. The molecular formula is C20H21FNOS. The first-order valence-electron chi connectivity index (χ1n) is 8.66. The fraction of sp³-hybridized carbons (Fsp3) is 0.400. The summed E-state index contributed by atoms with van der Waals surface area (Å²) in [5.74, 6) is 0.443. The van der Waals surface area contributed by atoms with Gasteiger partial charge in [0.05, 0.1) is 10.7 Å². The van der Waals surface area contributed by atoms with Crippen LogP contribution in [0.4, 0.5) is 4.39 Å². The lowest BCUT2D eigenvalue weighted by atomic mass is 10.1. The highest BCUT2D eigenvalue weighted by Crippen LogP contribution is 2.40. The van der Waals surface area contributed by atoms with E-state index in [0.717, 1.165) is 22.7 Å². The van der Waals surface area contributed by atoms with E-state index in [-0.39, 0.29) is 5.82 Å². The van der Waals surface area contributed by atoms with Crippen LogP contribution in [0.25, 0.3) is 0 Å². The fourth-order valence-electron chi connectivity index (χ4n) is 3.14. The minimum Gasteiger partial charge on any atom is -0.484 e. The standard InChI is InChI=1S/C20H21FNOS/c21-18-12-15(14-8-9-14)10-11-19(18)23-13-16-4-3-7-20(22-16)24-17-5-1-2-6-17/h3-4,7-8,10-12,14,17H,1-2,5-6,9,13H2. The van der Waals surface area contributed by atoms with Crippen LogP contribution >= 0.6 is 11.8 Å². The molecule has 1 unspecified atom stereocenters. The van der Waals surface area contributed by atoms with Crippen molar-refractivity contribution in [2.45, 2.75) is 54.9 Å². The molecule has 2 saturated carbocycles. The van der Waals surface area contributed by atoms with Crippen LogP contribution in [0.15, 0.2) is 41.4 Å². The minimum atomic E-state index is -0.288. The zero-order chi connectivity index (χ0) is 16.4. The third-order valence-corrected chi connectivity index (χ3v) is 5.88. The van der Waals surface area contributed by atoms with E-state index >= 15 is 0 Å². The third-order valence-electron chi connectivity index (χ3n) is 4.60. The Balaban J connectivity index is 1.38. The van der Waals surface area contributed by atoms with Crippen molar-refractivity contribution in [1.29, 1.82) is 0 Å². The number of aromatic nitrogens is 1. The van der Waals surface area contributed by atoms with Gasteiger partial charge in [-0.2, -0.15) is 0 Å². The van der Waals surface area contributed by atoms with Crippen LogP contribution in [-0.4, -0.2) is 10.2 Å². The summed E-state index contributed by atoms with van der Waals surface area (Å²) in [6, 6.07) is 11.3. The van der Waals surface area contributed by atoms with Gasteiger partial charge in [-0.3, -0.25) is 0 Å². The topological polar surface area (TPSA) is 22.1 Å². The van der Waals surface area contributed by atoms with Crippen LogP contribution in [-0.2, 0) is 6.61 Å². The van der Waals surface area contributed by atoms with Crippen molar-refractivity contribution >= 4 is 11.8 Å². The van der Waals surface area contributed by atoms with E-state index in [9.17, 15) is 4.39 Å². The van der Waals surface area contributed by atoms with Crippen LogP contribution in [0.5, 0.6) is 5.75 Å². The van der Waals surface area contributed by atoms with Crippen LogP contribution in [0.3, 0.4) is 0 Å². The van der Waals surface area contributed by atoms with Gasteiger partial charge in [-0.15, -0.1) is 11.8 Å². The molecule has 0 bridgehead atoms. The van der Waals surface area contributed by atoms with Gasteiger partial charge in [0.1, 0.15) is 6.61 Å². The number of halogens is 1. The Kier molecular flexibility index (Phi) is 4.74. The van der Waals surface area contributed by atoms with Crippen molar-refractivity contribution in [3.8, 4) is 5.75 Å². The summed E-state index contributed by atoms with van der Waals surface area (Å²) in [5, 5.41) is 1.74. The second-order valence-corrected chi connectivity index (χ2v) is 7.87. The van der Waals surface area contributed by atoms with Crippen molar-refractivity contribution in [1.82, 2.24) is 4.98 Å². The quantitative estimate of drug-likeness (QED) is 0.689. The van der Waals surface area contributed by atoms with Gasteiger partial charge in [0.25, 0.3) is 0 Å². The summed E-state index contributed by atoms with van der Waals surface area (Å²) in [4.78, 5) is 4.65. The average molecular weight is 342 g/mol. The molecule has 0 spiro atoms. The summed E-state index contributed by atoms with van der Waals surface area (Å²) in [7, 11) is 0. The Hall–Kier alpha value is -1.55. The summed E-state index contributed by atoms with van der Waals surface area (Å²) >= 11 is 1.86. The van der Waals surface area contributed by atoms with Gasteiger partial charge in [-0.25, -0.2) is 9.37 Å². The van der Waals surface area contributed by atoms with Crippen molar-refractivity contribution in [2.24, 2.45) is 0 Å². The van der Waals surface area contributed by atoms with E-state index in [1.165, 1.54) is 25.7 Å². The molecule has 1 heterocycles. The molecule has 0 saturated heterocycles. The highest BCUT2D eigenvalue weighted by atomic mass is 32.2. The normalized spacial score (nSPS) is 18.0. The molecule has 0 N–H and O–H groups in total. The van der Waals surface area contributed by atoms with Gasteiger partial charge >= 0.3 is 0 Å². The van der Waals surface area contributed by atoms with Gasteiger partial charge < -0.3 is 4.74 Å². The SMILES string of the molecule is Fc1cc(C2[CH]C2)ccc1OCc1cccc(SC2CCCC2)n1. The van der Waals surface area contributed by atoms with Gasteiger partial charge in [0, 0.05) is 5.25 Å². The summed E-state index contributed by atoms with van der Waals surface area (Å²) in [5.41, 5.74) is 1.88. The molecule has 1 aromatic carbocycles. The number of rotatable bonds is 6. The molecule has 2 aliphatic rings. The lowest BCUT2D eigenvalue weighted by molar-refractivity contribution is 0.285. The molecule has 4 heteroatoms. The van der Waals surface area contributed by atoms with Gasteiger partial charge in [-0.1, -0.05) is 25.0 Å². The van der Waals surface area contributed by atoms with Crippen LogP contribution in [0.2, 0.25) is 0 Å². The van der Waals surface area contributed by atoms with Crippen molar-refractivity contribution in [3.05, 3.63) is 59.9 Å². The minimum absolute atomic E-state index is 0.288. The molecule has 2 nitrogen and oxygen atoms in total. The Morgan fingerprint density at radius 3 is 2.75 bits per heavy atom.